The molecule has 0 fully saturated rings. The first-order chi connectivity index (χ1) is 4.95. The molecule has 1 unspecified atom stereocenters. The lowest BCUT2D eigenvalue weighted by molar-refractivity contribution is 0.190. The zero-order valence-corrected chi connectivity index (χ0v) is 7.10. The predicted octanol–water partition coefficient (Wildman–Crippen LogP) is -0.350. The molecule has 0 aromatic heterocycles. The van der Waals surface area contributed by atoms with Crippen molar-refractivity contribution in [3.05, 3.63) is 0 Å². The van der Waals surface area contributed by atoms with Crippen molar-refractivity contribution in [2.45, 2.75) is 12.5 Å². The van der Waals surface area contributed by atoms with Crippen molar-refractivity contribution >= 4 is 10.2 Å². The Hall–Kier alpha value is -0.200. The van der Waals surface area contributed by atoms with E-state index in [9.17, 15) is 12.3 Å². The molecule has 0 rings (SSSR count). The van der Waals surface area contributed by atoms with Crippen LogP contribution >= 0.6 is 0 Å². The highest BCUT2D eigenvalue weighted by atomic mass is 32.3. The van der Waals surface area contributed by atoms with Gasteiger partial charge in [-0.25, -0.2) is 0 Å². The maximum absolute atomic E-state index is 11.9. The molecular weight excluding hydrogens is 173 g/mol. The van der Waals surface area contributed by atoms with Gasteiger partial charge in [0.2, 0.25) is 0 Å². The maximum atomic E-state index is 11.9. The number of methoxy groups -OCH3 is 1. The fourth-order valence-electron chi connectivity index (χ4n) is 0.608. The van der Waals surface area contributed by atoms with Gasteiger partial charge in [0.25, 0.3) is 0 Å². The summed E-state index contributed by atoms with van der Waals surface area (Å²) in [6.45, 7) is 0.344. The van der Waals surface area contributed by atoms with Gasteiger partial charge < -0.3 is 10.5 Å². The number of hydrogen-bond acceptors (Lipinski definition) is 4. The van der Waals surface area contributed by atoms with Crippen LogP contribution in [-0.2, 0) is 15.0 Å². The third-order valence-corrected chi connectivity index (χ3v) is 1.93. The minimum absolute atomic E-state index is 0.344. The zero-order valence-electron chi connectivity index (χ0n) is 6.29. The van der Waals surface area contributed by atoms with Crippen LogP contribution in [-0.4, -0.2) is 33.9 Å². The average Bonchev–Trinajstić information content (AvgIpc) is 1.79. The van der Waals surface area contributed by atoms with Crippen LogP contribution in [0.15, 0.2) is 0 Å². The van der Waals surface area contributed by atoms with E-state index in [4.69, 9.17) is 5.73 Å². The van der Waals surface area contributed by atoms with Gasteiger partial charge in [0, 0.05) is 19.8 Å². The fraction of sp³-hybridized carbons (Fsp3) is 1.00. The second kappa shape index (κ2) is 4.63. The van der Waals surface area contributed by atoms with E-state index in [0.29, 0.717) is 13.0 Å². The third-order valence-electron chi connectivity index (χ3n) is 1.11. The van der Waals surface area contributed by atoms with Gasteiger partial charge in [-0.2, -0.15) is 8.42 Å². The molecule has 6 heteroatoms. The molecule has 0 saturated heterocycles. The topological polar surface area (TPSA) is 69.4 Å². The van der Waals surface area contributed by atoms with Gasteiger partial charge in [0.1, 0.15) is 0 Å². The molecule has 0 heterocycles. The Bertz CT molecular complexity index is 192. The van der Waals surface area contributed by atoms with Crippen LogP contribution in [0.2, 0.25) is 0 Å². The Balaban J connectivity index is 3.61. The number of ether oxygens (including phenoxy) is 1. The summed E-state index contributed by atoms with van der Waals surface area (Å²) >= 11 is 0. The molecule has 1 atom stereocenters. The number of nitrogens with two attached hydrogens (primary N) is 1. The van der Waals surface area contributed by atoms with Crippen LogP contribution in [0.3, 0.4) is 0 Å². The van der Waals surface area contributed by atoms with Crippen molar-refractivity contribution in [3.63, 3.8) is 0 Å². The predicted molar refractivity (Wildman–Crippen MR) is 39.4 cm³/mol. The molecule has 0 aromatic carbocycles. The van der Waals surface area contributed by atoms with Crippen LogP contribution < -0.4 is 5.73 Å². The lowest BCUT2D eigenvalue weighted by atomic mass is 10.3. The molecule has 0 aliphatic rings. The van der Waals surface area contributed by atoms with Crippen molar-refractivity contribution in [2.24, 2.45) is 5.73 Å². The zero-order chi connectivity index (χ0) is 8.91. The van der Waals surface area contributed by atoms with Crippen molar-refractivity contribution in [1.82, 2.24) is 0 Å². The highest BCUT2D eigenvalue weighted by molar-refractivity contribution is 7.86. The Labute approximate surface area is 65.7 Å². The molecule has 11 heavy (non-hydrogen) atoms. The molecule has 0 bridgehead atoms. The number of hydrogen-bond donors (Lipinski definition) is 1. The van der Waals surface area contributed by atoms with Crippen molar-refractivity contribution in [2.75, 3.05) is 19.5 Å². The normalized spacial score (nSPS) is 14.8. The van der Waals surface area contributed by atoms with E-state index >= 15 is 0 Å². The SMILES string of the molecule is COCCC(N)CS(=O)(=O)F. The lowest BCUT2D eigenvalue weighted by Gasteiger charge is -2.06. The molecule has 0 saturated carbocycles. The first-order valence-corrected chi connectivity index (χ1v) is 4.68. The van der Waals surface area contributed by atoms with Crippen molar-refractivity contribution in [3.8, 4) is 0 Å². The molecule has 0 aliphatic carbocycles. The van der Waals surface area contributed by atoms with Gasteiger partial charge in [0.05, 0.1) is 5.75 Å². The molecule has 0 spiro atoms. The molecule has 0 aromatic rings. The van der Waals surface area contributed by atoms with E-state index in [-0.39, 0.29) is 0 Å². The van der Waals surface area contributed by atoms with Crippen LogP contribution in [0.25, 0.3) is 0 Å². The lowest BCUT2D eigenvalue weighted by Crippen LogP contribution is -2.29. The van der Waals surface area contributed by atoms with Gasteiger partial charge in [-0.05, 0) is 6.42 Å². The smallest absolute Gasteiger partial charge is 0.303 e. The van der Waals surface area contributed by atoms with Gasteiger partial charge >= 0.3 is 10.2 Å². The molecule has 4 nitrogen and oxygen atoms in total. The summed E-state index contributed by atoms with van der Waals surface area (Å²) in [6, 6.07) is -0.676. The average molecular weight is 185 g/mol. The van der Waals surface area contributed by atoms with Gasteiger partial charge in [-0.1, -0.05) is 0 Å². The number of rotatable bonds is 5. The molecular formula is C5H12FNO3S. The van der Waals surface area contributed by atoms with Gasteiger partial charge in [-0.3, -0.25) is 0 Å². The van der Waals surface area contributed by atoms with Gasteiger partial charge in [-0.15, -0.1) is 3.89 Å². The minimum Gasteiger partial charge on any atom is -0.385 e. The summed E-state index contributed by atoms with van der Waals surface area (Å²) < 4.78 is 36.6. The molecule has 2 N–H and O–H groups in total. The molecule has 0 amide bonds. The van der Waals surface area contributed by atoms with E-state index in [0.717, 1.165) is 0 Å². The van der Waals surface area contributed by atoms with E-state index in [2.05, 4.69) is 4.74 Å². The first kappa shape index (κ1) is 10.8. The van der Waals surface area contributed by atoms with Crippen LogP contribution in [0.5, 0.6) is 0 Å². The number of halogens is 1. The van der Waals surface area contributed by atoms with E-state index in [1.54, 1.807) is 0 Å². The largest absolute Gasteiger partial charge is 0.385 e. The van der Waals surface area contributed by atoms with Crippen LogP contribution in [0.4, 0.5) is 3.89 Å². The second-order valence-electron chi connectivity index (χ2n) is 2.25. The Morgan fingerprint density at radius 2 is 2.18 bits per heavy atom. The first-order valence-electron chi connectivity index (χ1n) is 3.12. The summed E-state index contributed by atoms with van der Waals surface area (Å²) in [5, 5.41) is 0. The summed E-state index contributed by atoms with van der Waals surface area (Å²) in [5.41, 5.74) is 5.25. The van der Waals surface area contributed by atoms with E-state index < -0.39 is 22.0 Å². The fourth-order valence-corrected chi connectivity index (χ4v) is 1.29. The molecule has 0 aliphatic heterocycles. The standard InChI is InChI=1S/C5H12FNO3S/c1-10-3-2-5(7)4-11(6,8)9/h5H,2-4,7H2,1H3. The highest BCUT2D eigenvalue weighted by Crippen LogP contribution is 1.97. The summed E-state index contributed by atoms with van der Waals surface area (Å²) in [4.78, 5) is 0. The van der Waals surface area contributed by atoms with E-state index in [1.807, 2.05) is 0 Å². The maximum Gasteiger partial charge on any atom is 0.303 e. The quantitative estimate of drug-likeness (QED) is 0.594. The highest BCUT2D eigenvalue weighted by Gasteiger charge is 2.13. The van der Waals surface area contributed by atoms with Crippen molar-refractivity contribution < 1.29 is 17.0 Å². The van der Waals surface area contributed by atoms with Gasteiger partial charge in [0.15, 0.2) is 0 Å². The van der Waals surface area contributed by atoms with Crippen molar-refractivity contribution in [1.29, 1.82) is 0 Å². The Kier molecular flexibility index (Phi) is 4.55. The van der Waals surface area contributed by atoms with E-state index in [1.165, 1.54) is 7.11 Å². The Morgan fingerprint density at radius 3 is 2.55 bits per heavy atom. The second-order valence-corrected chi connectivity index (χ2v) is 3.66. The summed E-state index contributed by atoms with van der Waals surface area (Å²) in [6.07, 6.45) is 0.347. The van der Waals surface area contributed by atoms with Crippen LogP contribution in [0.1, 0.15) is 6.42 Å². The Morgan fingerprint density at radius 1 is 1.64 bits per heavy atom. The molecule has 0 radical (unpaired) electrons. The summed E-state index contributed by atoms with van der Waals surface area (Å²) in [5.74, 6) is -0.629. The third kappa shape index (κ3) is 7.70. The summed E-state index contributed by atoms with van der Waals surface area (Å²) in [7, 11) is -2.97. The minimum atomic E-state index is -4.43. The van der Waals surface area contributed by atoms with Crippen LogP contribution in [0, 0.1) is 0 Å². The molecule has 68 valence electrons. The monoisotopic (exact) mass is 185 g/mol.